The van der Waals surface area contributed by atoms with E-state index in [4.69, 9.17) is 4.42 Å². The number of hydrogen-bond acceptors (Lipinski definition) is 4. The predicted molar refractivity (Wildman–Crippen MR) is 108 cm³/mol. The van der Waals surface area contributed by atoms with Crippen LogP contribution in [0, 0.1) is 6.92 Å². The molecule has 1 aromatic heterocycles. The van der Waals surface area contributed by atoms with E-state index < -0.39 is 0 Å². The first-order chi connectivity index (χ1) is 13.0. The molecule has 0 N–H and O–H groups in total. The maximum atomic E-state index is 12.8. The third kappa shape index (κ3) is 4.21. The first-order valence-electron chi connectivity index (χ1n) is 9.33. The van der Waals surface area contributed by atoms with Gasteiger partial charge in [0.25, 0.3) is 5.91 Å². The molecule has 2 aromatic rings. The summed E-state index contributed by atoms with van der Waals surface area (Å²) in [6.45, 7) is 5.36. The number of aryl methyl sites for hydroxylation is 1. The van der Waals surface area contributed by atoms with Crippen molar-refractivity contribution in [1.82, 2.24) is 9.80 Å². The first kappa shape index (κ1) is 19.5. The molecule has 0 bridgehead atoms. The lowest BCUT2D eigenvalue weighted by Gasteiger charge is -2.26. The van der Waals surface area contributed by atoms with Gasteiger partial charge in [-0.2, -0.15) is 0 Å². The third-order valence-corrected chi connectivity index (χ3v) is 6.56. The lowest BCUT2D eigenvalue weighted by atomic mass is 10.1. The van der Waals surface area contributed by atoms with Gasteiger partial charge in [-0.15, -0.1) is 11.8 Å². The highest BCUT2D eigenvalue weighted by Crippen LogP contribution is 2.45. The fourth-order valence-electron chi connectivity index (χ4n) is 3.36. The molecule has 0 aliphatic carbocycles. The number of hydrogen-bond donors (Lipinski definition) is 0. The molecule has 6 heteroatoms. The van der Waals surface area contributed by atoms with E-state index in [9.17, 15) is 9.59 Å². The number of carbonyl (C=O) groups excluding carboxylic acids is 2. The summed E-state index contributed by atoms with van der Waals surface area (Å²) < 4.78 is 5.17. The Kier molecular flexibility index (Phi) is 6.26. The summed E-state index contributed by atoms with van der Waals surface area (Å²) in [6.07, 6.45) is 3.06. The van der Waals surface area contributed by atoms with Gasteiger partial charge in [0.05, 0.1) is 11.5 Å². The fraction of sp³-hybridized carbons (Fsp3) is 0.429. The van der Waals surface area contributed by atoms with Crippen LogP contribution in [0.4, 0.5) is 0 Å². The average Bonchev–Trinajstić information content (AvgIpc) is 3.30. The van der Waals surface area contributed by atoms with Crippen LogP contribution in [0.2, 0.25) is 0 Å². The number of nitrogens with zero attached hydrogens (tertiary/aromatic N) is 2. The first-order valence-corrected chi connectivity index (χ1v) is 10.3. The van der Waals surface area contributed by atoms with Gasteiger partial charge in [0.15, 0.2) is 5.76 Å². The van der Waals surface area contributed by atoms with Gasteiger partial charge in [-0.05, 0) is 43.0 Å². The zero-order chi connectivity index (χ0) is 19.4. The minimum atomic E-state index is -0.135. The highest BCUT2D eigenvalue weighted by atomic mass is 32.2. The zero-order valence-corrected chi connectivity index (χ0v) is 16.9. The number of furan rings is 1. The SMILES string of the molecule is CC[C@@H]1S[C@@H](c2ccccc2C)N(CCCN(C)C(=O)c2ccco2)C1=O. The Morgan fingerprint density at radius 2 is 2.04 bits per heavy atom. The van der Waals surface area contributed by atoms with Crippen LogP contribution in [-0.4, -0.2) is 47.0 Å². The molecule has 0 saturated carbocycles. The second kappa shape index (κ2) is 8.65. The second-order valence-corrected chi connectivity index (χ2v) is 8.12. The molecule has 2 heterocycles. The van der Waals surface area contributed by atoms with Crippen molar-refractivity contribution in [3.63, 3.8) is 0 Å². The summed E-state index contributed by atoms with van der Waals surface area (Å²) >= 11 is 1.74. The number of carbonyl (C=O) groups is 2. The summed E-state index contributed by atoms with van der Waals surface area (Å²) in [4.78, 5) is 28.7. The van der Waals surface area contributed by atoms with Crippen molar-refractivity contribution < 1.29 is 14.0 Å². The summed E-state index contributed by atoms with van der Waals surface area (Å²) in [7, 11) is 1.76. The van der Waals surface area contributed by atoms with Crippen LogP contribution in [0.1, 0.15) is 46.8 Å². The van der Waals surface area contributed by atoms with Gasteiger partial charge >= 0.3 is 0 Å². The van der Waals surface area contributed by atoms with Crippen LogP contribution >= 0.6 is 11.8 Å². The Morgan fingerprint density at radius 1 is 1.26 bits per heavy atom. The van der Waals surface area contributed by atoms with Crippen molar-refractivity contribution >= 4 is 23.6 Å². The highest BCUT2D eigenvalue weighted by molar-refractivity contribution is 8.01. The minimum absolute atomic E-state index is 0.0112. The molecule has 1 aromatic carbocycles. The maximum Gasteiger partial charge on any atom is 0.289 e. The zero-order valence-electron chi connectivity index (χ0n) is 16.1. The lowest BCUT2D eigenvalue weighted by Crippen LogP contribution is -2.35. The Bertz CT molecular complexity index is 790. The Morgan fingerprint density at radius 3 is 2.70 bits per heavy atom. The van der Waals surface area contributed by atoms with Crippen LogP contribution < -0.4 is 0 Å². The number of benzene rings is 1. The summed E-state index contributed by atoms with van der Waals surface area (Å²) in [5.41, 5.74) is 2.40. The molecular formula is C21H26N2O3S. The molecule has 2 atom stereocenters. The standard InChI is InChI=1S/C21H26N2O3S/c1-4-18-20(25)23(21(27-18)16-10-6-5-9-15(16)2)13-8-12-22(3)19(24)17-11-7-14-26-17/h5-7,9-11,14,18,21H,4,8,12-13H2,1-3H3/t18-,21-/m0/s1. The van der Waals surface area contributed by atoms with Gasteiger partial charge in [0.2, 0.25) is 5.91 Å². The smallest absolute Gasteiger partial charge is 0.289 e. The van der Waals surface area contributed by atoms with E-state index in [-0.39, 0.29) is 22.4 Å². The summed E-state index contributed by atoms with van der Waals surface area (Å²) in [5.74, 6) is 0.411. The van der Waals surface area contributed by atoms with E-state index in [0.717, 1.165) is 12.8 Å². The molecule has 5 nitrogen and oxygen atoms in total. The molecule has 0 unspecified atom stereocenters. The van der Waals surface area contributed by atoms with Gasteiger partial charge in [-0.1, -0.05) is 31.2 Å². The number of rotatable bonds is 7. The van der Waals surface area contributed by atoms with Gasteiger partial charge < -0.3 is 14.2 Å². The van der Waals surface area contributed by atoms with E-state index in [2.05, 4.69) is 26.0 Å². The van der Waals surface area contributed by atoms with Crippen molar-refractivity contribution in [3.8, 4) is 0 Å². The Hall–Kier alpha value is -2.21. The molecular weight excluding hydrogens is 360 g/mol. The predicted octanol–water partition coefficient (Wildman–Crippen LogP) is 4.10. The van der Waals surface area contributed by atoms with Crippen molar-refractivity contribution in [2.24, 2.45) is 0 Å². The highest BCUT2D eigenvalue weighted by Gasteiger charge is 2.40. The van der Waals surface area contributed by atoms with Crippen LogP contribution in [0.15, 0.2) is 47.1 Å². The van der Waals surface area contributed by atoms with Gasteiger partial charge in [0.1, 0.15) is 5.37 Å². The van der Waals surface area contributed by atoms with E-state index in [1.165, 1.54) is 17.4 Å². The van der Waals surface area contributed by atoms with E-state index >= 15 is 0 Å². The molecule has 0 spiro atoms. The average molecular weight is 387 g/mol. The normalized spacial score (nSPS) is 19.5. The molecule has 3 rings (SSSR count). The van der Waals surface area contributed by atoms with E-state index in [1.54, 1.807) is 35.8 Å². The molecule has 2 amide bonds. The van der Waals surface area contributed by atoms with Crippen molar-refractivity contribution in [1.29, 1.82) is 0 Å². The Labute approximate surface area is 164 Å². The van der Waals surface area contributed by atoms with Gasteiger partial charge in [-0.3, -0.25) is 9.59 Å². The van der Waals surface area contributed by atoms with Crippen LogP contribution in [-0.2, 0) is 4.79 Å². The van der Waals surface area contributed by atoms with E-state index in [1.807, 2.05) is 17.0 Å². The lowest BCUT2D eigenvalue weighted by molar-refractivity contribution is -0.130. The number of amides is 2. The third-order valence-electron chi connectivity index (χ3n) is 4.93. The summed E-state index contributed by atoms with van der Waals surface area (Å²) in [5, 5.41) is 0.0619. The molecule has 27 heavy (non-hydrogen) atoms. The van der Waals surface area contributed by atoms with Crippen LogP contribution in [0.3, 0.4) is 0 Å². The number of thioether (sulfide) groups is 1. The monoisotopic (exact) mass is 386 g/mol. The van der Waals surface area contributed by atoms with Crippen molar-refractivity contribution in [2.45, 2.75) is 37.3 Å². The quantitative estimate of drug-likeness (QED) is 0.719. The van der Waals surface area contributed by atoms with Crippen molar-refractivity contribution in [3.05, 3.63) is 59.5 Å². The van der Waals surface area contributed by atoms with Gasteiger partial charge in [-0.25, -0.2) is 0 Å². The largest absolute Gasteiger partial charge is 0.459 e. The fourth-order valence-corrected chi connectivity index (χ4v) is 4.88. The van der Waals surface area contributed by atoms with E-state index in [0.29, 0.717) is 18.8 Å². The van der Waals surface area contributed by atoms with Crippen molar-refractivity contribution in [2.75, 3.05) is 20.1 Å². The molecule has 1 aliphatic rings. The van der Waals surface area contributed by atoms with Crippen LogP contribution in [0.5, 0.6) is 0 Å². The molecule has 0 radical (unpaired) electrons. The van der Waals surface area contributed by atoms with Gasteiger partial charge in [0, 0.05) is 20.1 Å². The maximum absolute atomic E-state index is 12.8. The topological polar surface area (TPSA) is 53.8 Å². The molecule has 1 aliphatic heterocycles. The summed E-state index contributed by atoms with van der Waals surface area (Å²) in [6, 6.07) is 11.6. The van der Waals surface area contributed by atoms with Crippen LogP contribution in [0.25, 0.3) is 0 Å². The Balaban J connectivity index is 1.65. The molecule has 1 saturated heterocycles. The molecule has 1 fully saturated rings. The minimum Gasteiger partial charge on any atom is -0.459 e. The second-order valence-electron chi connectivity index (χ2n) is 6.83. The molecule has 144 valence electrons.